The predicted octanol–water partition coefficient (Wildman–Crippen LogP) is 18.7. The molecule has 1 aliphatic heterocycles. The molecule has 11 heterocycles. The van der Waals surface area contributed by atoms with Crippen molar-refractivity contribution >= 4 is 164 Å². The van der Waals surface area contributed by atoms with E-state index in [4.69, 9.17) is 17.5 Å². The Morgan fingerprint density at radius 2 is 0.853 bits per heavy atom. The molecule has 0 saturated carbocycles. The zero-order chi connectivity index (χ0) is 46.5. The Morgan fingerprint density at radius 1 is 0.471 bits per heavy atom. The maximum atomic E-state index is 5.05. The molecule has 10 aromatic heterocycles. The van der Waals surface area contributed by atoms with Crippen LogP contribution >= 0.6 is 102 Å². The number of nitrogens with zero attached hydrogens (tertiary/aromatic N) is 6. The quantitative estimate of drug-likeness (QED) is 0.122. The Labute approximate surface area is 429 Å². The van der Waals surface area contributed by atoms with Crippen LogP contribution in [0.4, 0.5) is 0 Å². The number of rotatable bonds is 12. The Bertz CT molecular complexity index is 3940. The Balaban J connectivity index is 0.902. The number of benzene rings is 2. The lowest BCUT2D eigenvalue weighted by Gasteiger charge is -2.40. The average Bonchev–Trinajstić information content (AvgIpc) is 4.14. The monoisotopic (exact) mass is 1060 g/mol. The van der Waals surface area contributed by atoms with Crippen LogP contribution in [0.2, 0.25) is 0 Å². The third kappa shape index (κ3) is 6.66. The van der Waals surface area contributed by atoms with E-state index in [9.17, 15) is 0 Å². The summed E-state index contributed by atoms with van der Waals surface area (Å²) in [5.74, 6) is 4.13. The van der Waals surface area contributed by atoms with Crippen molar-refractivity contribution in [2.75, 3.05) is 11.5 Å². The summed E-state index contributed by atoms with van der Waals surface area (Å²) in [6.45, 7) is 16.6. The highest BCUT2D eigenvalue weighted by molar-refractivity contribution is 8.34. The van der Waals surface area contributed by atoms with Crippen LogP contribution in [0.5, 0.6) is 0 Å². The molecule has 0 fully saturated rings. The van der Waals surface area contributed by atoms with Gasteiger partial charge in [0, 0.05) is 75.4 Å². The van der Waals surface area contributed by atoms with E-state index < -0.39 is 10.0 Å². The van der Waals surface area contributed by atoms with Crippen LogP contribution in [-0.2, 0) is 26.9 Å². The standard InChI is InChI=1S/C53H50N6S9/c1-10-11-28-17-34-48(60-28)50-36(58(34)8)19-38(62-50)30-12-14-32(46-44(30)54-66-56-46)40-21-42-52(64-40)53-43(68(42,23-26(4)5)24-27(6)7)22-41(65-53)33-15-13-31(45-47(33)57-67-55-45)39-20-37-51(63-39)49-35(59(37)9)18-29(61-49)16-25(2)3/h12-15,17-22,25-27H,10-11,16,23-24H2,1-9H3. The first kappa shape index (κ1) is 44.2. The molecule has 0 N–H and O–H groups in total. The van der Waals surface area contributed by atoms with Gasteiger partial charge in [-0.2, -0.15) is 27.5 Å². The van der Waals surface area contributed by atoms with Gasteiger partial charge in [-0.3, -0.25) is 0 Å². The molecule has 15 heteroatoms. The minimum absolute atomic E-state index is 0.560. The van der Waals surface area contributed by atoms with E-state index >= 15 is 0 Å². The van der Waals surface area contributed by atoms with Gasteiger partial charge in [-0.25, -0.2) is 0 Å². The SMILES string of the molecule is CCCc1cc2c(s1)c1sc(-c3ccc(-c4cc5c(s4)-c4sc(-c6ccc(-c7cc8c(s7)c7sc(CC(C)C)cc7n8C)c7nsnc67)cc4S5(CC(C)C)CC(C)C)c4nsnc34)cc1n2C. The van der Waals surface area contributed by atoms with E-state index in [2.05, 4.69) is 132 Å². The normalized spacial score (nSPS) is 14.4. The molecule has 1 aliphatic rings. The molecule has 0 aliphatic carbocycles. The van der Waals surface area contributed by atoms with Gasteiger partial charge in [-0.1, -0.05) is 79.2 Å². The maximum Gasteiger partial charge on any atom is 0.114 e. The van der Waals surface area contributed by atoms with E-state index in [1.165, 1.54) is 144 Å². The molecular weight excluding hydrogens is 1010 g/mol. The van der Waals surface area contributed by atoms with Crippen molar-refractivity contribution in [3.8, 4) is 51.5 Å². The highest BCUT2D eigenvalue weighted by Crippen LogP contribution is 2.77. The molecule has 346 valence electrons. The van der Waals surface area contributed by atoms with Crippen LogP contribution in [0.15, 0.2) is 70.5 Å². The third-order valence-electron chi connectivity index (χ3n) is 13.5. The lowest BCUT2D eigenvalue weighted by molar-refractivity contribution is 0.654. The minimum atomic E-state index is -1.35. The van der Waals surface area contributed by atoms with E-state index in [0.717, 1.165) is 34.9 Å². The van der Waals surface area contributed by atoms with Crippen LogP contribution < -0.4 is 0 Å². The lowest BCUT2D eigenvalue weighted by atomic mass is 10.1. The molecule has 13 rings (SSSR count). The topological polar surface area (TPSA) is 61.4 Å². The van der Waals surface area contributed by atoms with Gasteiger partial charge < -0.3 is 9.13 Å². The predicted molar refractivity (Wildman–Crippen MR) is 307 cm³/mol. The second-order valence-corrected chi connectivity index (χ2v) is 30.7. The van der Waals surface area contributed by atoms with Crippen molar-refractivity contribution in [3.63, 3.8) is 0 Å². The largest absolute Gasteiger partial charge is 0.342 e. The van der Waals surface area contributed by atoms with Gasteiger partial charge in [-0.05, 0) is 78.5 Å². The van der Waals surface area contributed by atoms with Crippen molar-refractivity contribution in [1.29, 1.82) is 0 Å². The van der Waals surface area contributed by atoms with Gasteiger partial charge in [0.2, 0.25) is 0 Å². The average molecular weight is 1060 g/mol. The van der Waals surface area contributed by atoms with E-state index in [-0.39, 0.29) is 0 Å². The Kier molecular flexibility index (Phi) is 10.7. The van der Waals surface area contributed by atoms with Gasteiger partial charge in [0.15, 0.2) is 0 Å². The van der Waals surface area contributed by atoms with Crippen LogP contribution in [-0.4, -0.2) is 38.1 Å². The van der Waals surface area contributed by atoms with Crippen molar-refractivity contribution in [2.24, 2.45) is 31.8 Å². The van der Waals surface area contributed by atoms with Gasteiger partial charge in [0.25, 0.3) is 0 Å². The summed E-state index contributed by atoms with van der Waals surface area (Å²) in [7, 11) is 3.09. The van der Waals surface area contributed by atoms with Crippen molar-refractivity contribution in [2.45, 2.75) is 77.5 Å². The summed E-state index contributed by atoms with van der Waals surface area (Å²) < 4.78 is 30.5. The molecule has 0 radical (unpaired) electrons. The highest BCUT2D eigenvalue weighted by atomic mass is 32.3. The molecule has 68 heavy (non-hydrogen) atoms. The Hall–Kier alpha value is -3.77. The van der Waals surface area contributed by atoms with Gasteiger partial charge in [-0.15, -0.1) is 68.0 Å². The van der Waals surface area contributed by atoms with Crippen molar-refractivity contribution in [1.82, 2.24) is 26.6 Å². The number of fused-ring (bicyclic) bond motifs is 11. The number of hydrogen-bond donors (Lipinski definition) is 0. The van der Waals surface area contributed by atoms with Crippen LogP contribution in [0, 0.1) is 17.8 Å². The zero-order valence-electron chi connectivity index (χ0n) is 39.4. The third-order valence-corrected chi connectivity index (χ3v) is 27.1. The summed E-state index contributed by atoms with van der Waals surface area (Å²) in [5, 5.41) is 0. The molecule has 0 unspecified atom stereocenters. The van der Waals surface area contributed by atoms with Crippen LogP contribution in [0.3, 0.4) is 0 Å². The summed E-state index contributed by atoms with van der Waals surface area (Å²) in [5.41, 5.74) is 14.1. The maximum absolute atomic E-state index is 5.05. The first-order chi connectivity index (χ1) is 32.9. The fraction of sp³-hybridized carbons (Fsp3) is 0.321. The molecular formula is C53H50N6S9. The van der Waals surface area contributed by atoms with Crippen LogP contribution in [0.1, 0.15) is 64.6 Å². The van der Waals surface area contributed by atoms with Crippen molar-refractivity contribution < 1.29 is 0 Å². The van der Waals surface area contributed by atoms with E-state index in [1.54, 1.807) is 9.79 Å². The lowest BCUT2D eigenvalue weighted by Crippen LogP contribution is -2.16. The molecule has 0 spiro atoms. The molecule has 0 saturated heterocycles. The summed E-state index contributed by atoms with van der Waals surface area (Å²) in [4.78, 5) is 14.2. The number of hydrogen-bond acceptors (Lipinski definition) is 12. The van der Waals surface area contributed by atoms with E-state index in [0.29, 0.717) is 17.8 Å². The zero-order valence-corrected chi connectivity index (χ0v) is 46.7. The Morgan fingerprint density at radius 3 is 1.26 bits per heavy atom. The smallest absolute Gasteiger partial charge is 0.114 e. The van der Waals surface area contributed by atoms with Crippen molar-refractivity contribution in [3.05, 3.63) is 70.4 Å². The second-order valence-electron chi connectivity index (χ2n) is 19.8. The first-order valence-corrected chi connectivity index (χ1v) is 31.8. The van der Waals surface area contributed by atoms with Gasteiger partial charge in [0.1, 0.15) is 22.1 Å². The van der Waals surface area contributed by atoms with E-state index in [1.807, 2.05) is 68.0 Å². The highest BCUT2D eigenvalue weighted by Gasteiger charge is 2.43. The summed E-state index contributed by atoms with van der Waals surface area (Å²) in [6, 6.07) is 24.0. The minimum Gasteiger partial charge on any atom is -0.342 e. The second kappa shape index (κ2) is 16.4. The first-order valence-electron chi connectivity index (χ1n) is 23.5. The number of aryl methyl sites for hydroxylation is 3. The fourth-order valence-corrected chi connectivity index (χ4v) is 26.1. The van der Waals surface area contributed by atoms with Gasteiger partial charge in [0.05, 0.1) is 74.1 Å². The number of thiophene rings is 6. The van der Waals surface area contributed by atoms with Crippen LogP contribution in [0.25, 0.3) is 114 Å². The molecule has 0 atom stereocenters. The number of aromatic nitrogens is 6. The molecule has 6 nitrogen and oxygen atoms in total. The summed E-state index contributed by atoms with van der Waals surface area (Å²) in [6.07, 6.45) is 3.43. The molecule has 0 bridgehead atoms. The molecule has 0 amide bonds. The molecule has 12 aromatic rings. The molecule has 2 aromatic carbocycles. The summed E-state index contributed by atoms with van der Waals surface area (Å²) >= 11 is 14.4. The van der Waals surface area contributed by atoms with Gasteiger partial charge >= 0.3 is 0 Å². The fourth-order valence-electron chi connectivity index (χ4n) is 10.8.